The van der Waals surface area contributed by atoms with Gasteiger partial charge < -0.3 is 4.98 Å². The molecular weight excluding hydrogens is 164 g/mol. The van der Waals surface area contributed by atoms with Gasteiger partial charge in [0, 0.05) is 5.56 Å². The molecule has 13 heavy (non-hydrogen) atoms. The second-order valence-electron chi connectivity index (χ2n) is 3.50. The predicted octanol–water partition coefficient (Wildman–Crippen LogP) is 1.85. The molecule has 0 saturated carbocycles. The van der Waals surface area contributed by atoms with Gasteiger partial charge >= 0.3 is 0 Å². The first-order valence-electron chi connectivity index (χ1n) is 4.73. The van der Waals surface area contributed by atoms with Gasteiger partial charge in [-0.1, -0.05) is 27.2 Å². The Labute approximate surface area is 78.2 Å². The minimum atomic E-state index is 0.0144. The Balaban J connectivity index is 3.17. The van der Waals surface area contributed by atoms with Crippen molar-refractivity contribution >= 4 is 0 Å². The molecule has 0 aliphatic rings. The number of rotatable bonds is 3. The lowest BCUT2D eigenvalue weighted by Gasteiger charge is -2.08. The molecule has 1 N–H and O–H groups in total. The highest BCUT2D eigenvalue weighted by atomic mass is 16.1. The maximum atomic E-state index is 11.4. The fraction of sp³-hybridized carbons (Fsp3) is 0.600. The van der Waals surface area contributed by atoms with Crippen molar-refractivity contribution in [3.63, 3.8) is 0 Å². The number of nitrogens with zero attached hydrogens (tertiary/aromatic N) is 1. The first kappa shape index (κ1) is 9.96. The highest BCUT2D eigenvalue weighted by Gasteiger charge is 2.10. The fourth-order valence-electron chi connectivity index (χ4n) is 1.43. The molecule has 0 bridgehead atoms. The first-order chi connectivity index (χ1) is 6.16. The molecule has 0 atom stereocenters. The molecule has 0 fully saturated rings. The zero-order chi connectivity index (χ0) is 9.84. The van der Waals surface area contributed by atoms with Crippen molar-refractivity contribution in [2.24, 2.45) is 0 Å². The molecule has 1 aromatic rings. The van der Waals surface area contributed by atoms with Crippen molar-refractivity contribution in [1.29, 1.82) is 0 Å². The van der Waals surface area contributed by atoms with Crippen LogP contribution in [0.1, 0.15) is 44.4 Å². The zero-order valence-electron chi connectivity index (χ0n) is 8.42. The predicted molar refractivity (Wildman–Crippen MR) is 52.9 cm³/mol. The van der Waals surface area contributed by atoms with Crippen LogP contribution in [0.4, 0.5) is 0 Å². The molecule has 1 rings (SSSR count). The van der Waals surface area contributed by atoms with Gasteiger partial charge in [0.25, 0.3) is 5.56 Å². The molecule has 1 heterocycles. The Kier molecular flexibility index (Phi) is 3.23. The summed E-state index contributed by atoms with van der Waals surface area (Å²) in [6.45, 7) is 6.18. The molecule has 3 heteroatoms. The Morgan fingerprint density at radius 2 is 2.23 bits per heavy atom. The van der Waals surface area contributed by atoms with Crippen LogP contribution >= 0.6 is 0 Å². The van der Waals surface area contributed by atoms with Crippen molar-refractivity contribution < 1.29 is 0 Å². The minimum absolute atomic E-state index is 0.0144. The monoisotopic (exact) mass is 180 g/mol. The lowest BCUT2D eigenvalue weighted by Crippen LogP contribution is -2.17. The SMILES string of the molecule is CCCc1c(C(C)C)nc[nH]c1=O. The molecule has 0 aromatic carbocycles. The Morgan fingerprint density at radius 1 is 1.54 bits per heavy atom. The quantitative estimate of drug-likeness (QED) is 0.771. The topological polar surface area (TPSA) is 45.8 Å². The smallest absolute Gasteiger partial charge is 0.254 e. The molecule has 0 spiro atoms. The van der Waals surface area contributed by atoms with Crippen molar-refractivity contribution in [2.45, 2.75) is 39.5 Å². The summed E-state index contributed by atoms with van der Waals surface area (Å²) in [5.41, 5.74) is 1.80. The van der Waals surface area contributed by atoms with Gasteiger partial charge in [-0.25, -0.2) is 4.98 Å². The van der Waals surface area contributed by atoms with E-state index in [4.69, 9.17) is 0 Å². The normalized spacial score (nSPS) is 10.8. The van der Waals surface area contributed by atoms with Gasteiger partial charge in [-0.3, -0.25) is 4.79 Å². The highest BCUT2D eigenvalue weighted by molar-refractivity contribution is 5.19. The molecule has 0 radical (unpaired) electrons. The van der Waals surface area contributed by atoms with Crippen molar-refractivity contribution in [2.75, 3.05) is 0 Å². The van der Waals surface area contributed by atoms with E-state index in [0.717, 1.165) is 24.1 Å². The number of hydrogen-bond donors (Lipinski definition) is 1. The van der Waals surface area contributed by atoms with E-state index in [1.165, 1.54) is 6.33 Å². The van der Waals surface area contributed by atoms with Crippen molar-refractivity contribution in [1.82, 2.24) is 9.97 Å². The number of hydrogen-bond acceptors (Lipinski definition) is 2. The first-order valence-corrected chi connectivity index (χ1v) is 4.73. The molecule has 0 aliphatic heterocycles. The summed E-state index contributed by atoms with van der Waals surface area (Å²) in [5, 5.41) is 0. The zero-order valence-corrected chi connectivity index (χ0v) is 8.42. The molecular formula is C10H16N2O. The number of nitrogens with one attached hydrogen (secondary N) is 1. The van der Waals surface area contributed by atoms with Crippen molar-refractivity contribution in [3.8, 4) is 0 Å². The van der Waals surface area contributed by atoms with E-state index in [2.05, 4.69) is 30.7 Å². The summed E-state index contributed by atoms with van der Waals surface area (Å²) in [5.74, 6) is 0.323. The summed E-state index contributed by atoms with van der Waals surface area (Å²) < 4.78 is 0. The van der Waals surface area contributed by atoms with E-state index in [1.54, 1.807) is 0 Å². The maximum Gasteiger partial charge on any atom is 0.254 e. The summed E-state index contributed by atoms with van der Waals surface area (Å²) in [6.07, 6.45) is 3.28. The van der Waals surface area contributed by atoms with Gasteiger partial charge in [0.05, 0.1) is 12.0 Å². The van der Waals surface area contributed by atoms with Gasteiger partial charge in [0.2, 0.25) is 0 Å². The number of H-pyrrole nitrogens is 1. The van der Waals surface area contributed by atoms with E-state index in [-0.39, 0.29) is 5.56 Å². The average Bonchev–Trinajstić information content (AvgIpc) is 2.08. The third-order valence-corrected chi connectivity index (χ3v) is 2.03. The fourth-order valence-corrected chi connectivity index (χ4v) is 1.43. The van der Waals surface area contributed by atoms with Crippen LogP contribution in [0, 0.1) is 0 Å². The lowest BCUT2D eigenvalue weighted by atomic mass is 10.0. The van der Waals surface area contributed by atoms with Gasteiger partial charge in [0.1, 0.15) is 0 Å². The molecule has 0 amide bonds. The third kappa shape index (κ3) is 2.17. The van der Waals surface area contributed by atoms with Crippen LogP contribution in [-0.4, -0.2) is 9.97 Å². The van der Waals surface area contributed by atoms with Crippen LogP contribution in [0.2, 0.25) is 0 Å². The maximum absolute atomic E-state index is 11.4. The second-order valence-corrected chi connectivity index (χ2v) is 3.50. The van der Waals surface area contributed by atoms with Crippen LogP contribution in [0.15, 0.2) is 11.1 Å². The summed E-state index contributed by atoms with van der Waals surface area (Å²) >= 11 is 0. The minimum Gasteiger partial charge on any atom is -0.313 e. The molecule has 72 valence electrons. The molecule has 0 aliphatic carbocycles. The van der Waals surface area contributed by atoms with E-state index >= 15 is 0 Å². The highest BCUT2D eigenvalue weighted by Crippen LogP contribution is 2.13. The Bertz CT molecular complexity index is 328. The average molecular weight is 180 g/mol. The molecule has 3 nitrogen and oxygen atoms in total. The number of aromatic amines is 1. The van der Waals surface area contributed by atoms with Gasteiger partial charge in [0.15, 0.2) is 0 Å². The van der Waals surface area contributed by atoms with Gasteiger partial charge in [-0.15, -0.1) is 0 Å². The summed E-state index contributed by atoms with van der Waals surface area (Å²) in [4.78, 5) is 18.3. The lowest BCUT2D eigenvalue weighted by molar-refractivity contribution is 0.762. The van der Waals surface area contributed by atoms with E-state index < -0.39 is 0 Å². The van der Waals surface area contributed by atoms with Crippen LogP contribution in [-0.2, 0) is 6.42 Å². The van der Waals surface area contributed by atoms with E-state index in [9.17, 15) is 4.79 Å². The molecule has 0 saturated heterocycles. The molecule has 0 unspecified atom stereocenters. The van der Waals surface area contributed by atoms with Gasteiger partial charge in [-0.2, -0.15) is 0 Å². The molecule has 1 aromatic heterocycles. The van der Waals surface area contributed by atoms with Crippen LogP contribution in [0.3, 0.4) is 0 Å². The Hall–Kier alpha value is -1.12. The van der Waals surface area contributed by atoms with Crippen LogP contribution < -0.4 is 5.56 Å². The third-order valence-electron chi connectivity index (χ3n) is 2.03. The van der Waals surface area contributed by atoms with Crippen LogP contribution in [0.25, 0.3) is 0 Å². The summed E-state index contributed by atoms with van der Waals surface area (Å²) in [7, 11) is 0. The Morgan fingerprint density at radius 3 is 2.77 bits per heavy atom. The van der Waals surface area contributed by atoms with Gasteiger partial charge in [-0.05, 0) is 12.3 Å². The summed E-state index contributed by atoms with van der Waals surface area (Å²) in [6, 6.07) is 0. The van der Waals surface area contributed by atoms with Crippen molar-refractivity contribution in [3.05, 3.63) is 27.9 Å². The van der Waals surface area contributed by atoms with Crippen LogP contribution in [0.5, 0.6) is 0 Å². The largest absolute Gasteiger partial charge is 0.313 e. The van der Waals surface area contributed by atoms with E-state index in [0.29, 0.717) is 5.92 Å². The standard InChI is InChI=1S/C10H16N2O/c1-4-5-8-9(7(2)3)11-6-12-10(8)13/h6-7H,4-5H2,1-3H3,(H,11,12,13). The number of aromatic nitrogens is 2. The van der Waals surface area contributed by atoms with E-state index in [1.807, 2.05) is 0 Å². The second kappa shape index (κ2) is 4.21.